The average Bonchev–Trinajstić information content (AvgIpc) is 3.12. The standard InChI is InChI=1S/C10H8BrF3N4.C2H4N4/c1-6-15-17-18(16-6)5-7-4-8(10(12,13)14)2-3-9(7)11;1-2-3-5-6-4-2/h2-4H,5H2,1H3;1H3,(H,3,4,5,6). The zero-order chi connectivity index (χ0) is 17.7. The minimum Gasteiger partial charge on any atom is -0.177 e. The molecule has 0 bridgehead atoms. The molecular weight excluding hydrogens is 393 g/mol. The SMILES string of the molecule is Cc1nn[nH]n1.Cc1nnn(Cc2cc(C(F)(F)F)ccc2Br)n1. The highest BCUT2D eigenvalue weighted by atomic mass is 79.9. The Morgan fingerprint density at radius 1 is 1.17 bits per heavy atom. The van der Waals surface area contributed by atoms with Crippen LogP contribution in [-0.4, -0.2) is 40.8 Å². The van der Waals surface area contributed by atoms with Crippen molar-refractivity contribution >= 4 is 15.9 Å². The lowest BCUT2D eigenvalue weighted by molar-refractivity contribution is -0.137. The molecule has 24 heavy (non-hydrogen) atoms. The van der Waals surface area contributed by atoms with Crippen LogP contribution < -0.4 is 0 Å². The summed E-state index contributed by atoms with van der Waals surface area (Å²) in [5.74, 6) is 1.15. The maximum atomic E-state index is 12.6. The lowest BCUT2D eigenvalue weighted by atomic mass is 10.1. The van der Waals surface area contributed by atoms with E-state index >= 15 is 0 Å². The summed E-state index contributed by atoms with van der Waals surface area (Å²) >= 11 is 3.20. The van der Waals surface area contributed by atoms with Gasteiger partial charge in [-0.15, -0.1) is 20.4 Å². The summed E-state index contributed by atoms with van der Waals surface area (Å²) in [5, 5.41) is 24.0. The number of aromatic amines is 1. The first kappa shape index (κ1) is 18.0. The largest absolute Gasteiger partial charge is 0.416 e. The highest BCUT2D eigenvalue weighted by Crippen LogP contribution is 2.32. The third-order valence-electron chi connectivity index (χ3n) is 2.69. The Labute approximate surface area is 142 Å². The molecule has 0 amide bonds. The first-order chi connectivity index (χ1) is 11.3. The number of nitrogens with zero attached hydrogens (tertiary/aromatic N) is 7. The molecule has 0 atom stereocenters. The van der Waals surface area contributed by atoms with Crippen molar-refractivity contribution in [1.82, 2.24) is 40.8 Å². The van der Waals surface area contributed by atoms with Gasteiger partial charge in [-0.05, 0) is 42.8 Å². The number of aromatic nitrogens is 8. The number of hydrogen-bond donors (Lipinski definition) is 1. The second-order valence-electron chi connectivity index (χ2n) is 4.63. The molecule has 0 aliphatic heterocycles. The van der Waals surface area contributed by atoms with Crippen LogP contribution in [-0.2, 0) is 12.7 Å². The van der Waals surface area contributed by atoms with Gasteiger partial charge in [0.15, 0.2) is 11.6 Å². The highest BCUT2D eigenvalue weighted by molar-refractivity contribution is 9.10. The topological polar surface area (TPSA) is 98.1 Å². The van der Waals surface area contributed by atoms with Gasteiger partial charge in [-0.2, -0.15) is 23.2 Å². The van der Waals surface area contributed by atoms with E-state index in [9.17, 15) is 13.2 Å². The Kier molecular flexibility index (Phi) is 5.59. The first-order valence-electron chi connectivity index (χ1n) is 6.56. The van der Waals surface area contributed by atoms with Crippen LogP contribution in [0.15, 0.2) is 22.7 Å². The van der Waals surface area contributed by atoms with Crippen LogP contribution in [0.5, 0.6) is 0 Å². The van der Waals surface area contributed by atoms with E-state index in [0.29, 0.717) is 21.7 Å². The minimum absolute atomic E-state index is 0.130. The molecule has 1 aromatic carbocycles. The molecule has 12 heteroatoms. The van der Waals surface area contributed by atoms with Crippen molar-refractivity contribution in [2.24, 2.45) is 0 Å². The summed E-state index contributed by atoms with van der Waals surface area (Å²) in [6.07, 6.45) is -4.36. The number of hydrogen-bond acceptors (Lipinski definition) is 6. The molecule has 0 fully saturated rings. The van der Waals surface area contributed by atoms with Crippen molar-refractivity contribution < 1.29 is 13.2 Å². The lowest BCUT2D eigenvalue weighted by Crippen LogP contribution is -2.09. The minimum atomic E-state index is -4.36. The molecule has 0 aliphatic carbocycles. The average molecular weight is 405 g/mol. The number of rotatable bonds is 2. The number of aryl methyl sites for hydroxylation is 2. The number of benzene rings is 1. The zero-order valence-corrected chi connectivity index (χ0v) is 14.2. The Morgan fingerprint density at radius 3 is 2.38 bits per heavy atom. The summed E-state index contributed by atoms with van der Waals surface area (Å²) in [5.41, 5.74) is -0.250. The van der Waals surface area contributed by atoms with Gasteiger partial charge in [0.1, 0.15) is 0 Å². The molecule has 0 saturated heterocycles. The number of alkyl halides is 3. The van der Waals surface area contributed by atoms with E-state index in [2.05, 4.69) is 52.0 Å². The smallest absolute Gasteiger partial charge is 0.177 e. The molecule has 0 saturated carbocycles. The van der Waals surface area contributed by atoms with Crippen LogP contribution in [0.2, 0.25) is 0 Å². The summed E-state index contributed by atoms with van der Waals surface area (Å²) in [6, 6.07) is 3.46. The molecule has 0 aliphatic rings. The molecular formula is C12H12BrF3N8. The van der Waals surface area contributed by atoms with Crippen LogP contribution in [0, 0.1) is 13.8 Å². The molecule has 2 aromatic heterocycles. The molecule has 3 rings (SSSR count). The molecule has 0 unspecified atom stereocenters. The summed E-state index contributed by atoms with van der Waals surface area (Å²) < 4.78 is 38.3. The first-order valence-corrected chi connectivity index (χ1v) is 7.35. The normalized spacial score (nSPS) is 11.1. The van der Waals surface area contributed by atoms with Crippen molar-refractivity contribution in [3.05, 3.63) is 45.4 Å². The van der Waals surface area contributed by atoms with E-state index in [-0.39, 0.29) is 6.54 Å². The van der Waals surface area contributed by atoms with Gasteiger partial charge in [0, 0.05) is 4.47 Å². The number of halogens is 4. The van der Waals surface area contributed by atoms with E-state index in [4.69, 9.17) is 0 Å². The van der Waals surface area contributed by atoms with E-state index in [1.165, 1.54) is 10.9 Å². The van der Waals surface area contributed by atoms with Crippen molar-refractivity contribution in [2.45, 2.75) is 26.6 Å². The van der Waals surface area contributed by atoms with Crippen LogP contribution in [0.1, 0.15) is 22.8 Å². The van der Waals surface area contributed by atoms with Crippen molar-refractivity contribution in [3.8, 4) is 0 Å². The van der Waals surface area contributed by atoms with Crippen LogP contribution in [0.3, 0.4) is 0 Å². The zero-order valence-electron chi connectivity index (χ0n) is 12.6. The van der Waals surface area contributed by atoms with Crippen LogP contribution in [0.4, 0.5) is 13.2 Å². The predicted octanol–water partition coefficient (Wildman–Crippen LogP) is 2.32. The van der Waals surface area contributed by atoms with Gasteiger partial charge >= 0.3 is 6.18 Å². The predicted molar refractivity (Wildman–Crippen MR) is 79.7 cm³/mol. The molecule has 128 valence electrons. The number of tetrazole rings is 2. The maximum absolute atomic E-state index is 12.6. The van der Waals surface area contributed by atoms with Crippen molar-refractivity contribution in [3.63, 3.8) is 0 Å². The second kappa shape index (κ2) is 7.47. The summed E-state index contributed by atoms with van der Waals surface area (Å²) in [6.45, 7) is 3.56. The van der Waals surface area contributed by atoms with Gasteiger partial charge in [0.2, 0.25) is 0 Å². The lowest BCUT2D eigenvalue weighted by Gasteiger charge is -2.10. The van der Waals surface area contributed by atoms with Gasteiger partial charge in [-0.25, -0.2) is 0 Å². The Bertz CT molecular complexity index is 784. The maximum Gasteiger partial charge on any atom is 0.416 e. The highest BCUT2D eigenvalue weighted by Gasteiger charge is 2.30. The molecule has 2 heterocycles. The Hall–Kier alpha value is -2.37. The fourth-order valence-electron chi connectivity index (χ4n) is 1.63. The number of nitrogens with one attached hydrogen (secondary N) is 1. The van der Waals surface area contributed by atoms with Crippen molar-refractivity contribution in [2.75, 3.05) is 0 Å². The van der Waals surface area contributed by atoms with Gasteiger partial charge in [-0.1, -0.05) is 21.1 Å². The third-order valence-corrected chi connectivity index (χ3v) is 3.46. The van der Waals surface area contributed by atoms with E-state index < -0.39 is 11.7 Å². The third kappa shape index (κ3) is 5.08. The fraction of sp³-hybridized carbons (Fsp3) is 0.333. The monoisotopic (exact) mass is 404 g/mol. The van der Waals surface area contributed by atoms with Crippen molar-refractivity contribution in [1.29, 1.82) is 0 Å². The second-order valence-corrected chi connectivity index (χ2v) is 5.48. The van der Waals surface area contributed by atoms with E-state index in [1.807, 2.05) is 0 Å². The summed E-state index contributed by atoms with van der Waals surface area (Å²) in [4.78, 5) is 1.25. The van der Waals surface area contributed by atoms with Gasteiger partial charge < -0.3 is 0 Å². The molecule has 1 N–H and O–H groups in total. The molecule has 8 nitrogen and oxygen atoms in total. The van der Waals surface area contributed by atoms with Gasteiger partial charge in [-0.3, -0.25) is 0 Å². The van der Waals surface area contributed by atoms with Gasteiger partial charge in [0.05, 0.1) is 12.1 Å². The fourth-order valence-corrected chi connectivity index (χ4v) is 2.00. The van der Waals surface area contributed by atoms with E-state index in [1.54, 1.807) is 13.8 Å². The van der Waals surface area contributed by atoms with E-state index in [0.717, 1.165) is 12.1 Å². The number of H-pyrrole nitrogens is 1. The van der Waals surface area contributed by atoms with Crippen LogP contribution >= 0.6 is 15.9 Å². The molecule has 0 radical (unpaired) electrons. The quantitative estimate of drug-likeness (QED) is 0.703. The molecule has 3 aromatic rings. The molecule has 0 spiro atoms. The Balaban J connectivity index is 0.000000292. The Morgan fingerprint density at radius 2 is 1.92 bits per heavy atom. The summed E-state index contributed by atoms with van der Waals surface area (Å²) in [7, 11) is 0. The van der Waals surface area contributed by atoms with Gasteiger partial charge in [0.25, 0.3) is 0 Å². The van der Waals surface area contributed by atoms with Crippen LogP contribution in [0.25, 0.3) is 0 Å².